The lowest BCUT2D eigenvalue weighted by Gasteiger charge is -2.43. The van der Waals surface area contributed by atoms with E-state index >= 15 is 0 Å². The first kappa shape index (κ1) is 20.6. The van der Waals surface area contributed by atoms with Crippen molar-refractivity contribution in [3.63, 3.8) is 0 Å². The first-order chi connectivity index (χ1) is 12.0. The molecule has 1 N–H and O–H groups in total. The maximum Gasteiger partial charge on any atom is 0.192 e. The molecule has 1 saturated heterocycles. The second kappa shape index (κ2) is 9.83. The summed E-state index contributed by atoms with van der Waals surface area (Å²) in [6.45, 7) is 9.91. The number of hydrogen-bond acceptors (Lipinski definition) is 4. The van der Waals surface area contributed by atoms with Gasteiger partial charge >= 0.3 is 0 Å². The molecular formula is C20H34O4Si. The van der Waals surface area contributed by atoms with E-state index in [0.717, 1.165) is 23.7 Å². The molecular weight excluding hydrogens is 332 g/mol. The lowest BCUT2D eigenvalue weighted by molar-refractivity contribution is -0.221. The van der Waals surface area contributed by atoms with Gasteiger partial charge in [0, 0.05) is 12.3 Å². The maximum absolute atomic E-state index is 10.2. The topological polar surface area (TPSA) is 47.9 Å². The van der Waals surface area contributed by atoms with Gasteiger partial charge in [0.15, 0.2) is 14.6 Å². The molecule has 4 nitrogen and oxygen atoms in total. The fourth-order valence-corrected chi connectivity index (χ4v) is 6.52. The molecule has 5 heteroatoms. The van der Waals surface area contributed by atoms with Crippen molar-refractivity contribution in [3.05, 3.63) is 35.9 Å². The molecule has 0 saturated carbocycles. The molecule has 1 fully saturated rings. The zero-order chi connectivity index (χ0) is 18.3. The molecule has 0 aliphatic carbocycles. The molecule has 4 atom stereocenters. The molecule has 1 aromatic carbocycles. The van der Waals surface area contributed by atoms with Crippen LogP contribution >= 0.6 is 0 Å². The number of rotatable bonds is 9. The predicted octanol–water partition coefficient (Wildman–Crippen LogP) is 4.34. The van der Waals surface area contributed by atoms with E-state index in [9.17, 15) is 5.11 Å². The minimum absolute atomic E-state index is 0.0561. The standard InChI is InChI=1S/C20H34O4Si/c1-5-25(6-2,7-3)24-18-13-20(21)23-19(16(18)4)15-22-14-17-11-9-8-10-12-17/h8-12,16,18-21H,5-7,13-15H2,1-4H3/t16-,18+,19+,20?/m1/s1. The molecule has 1 unspecified atom stereocenters. The number of hydrogen-bond donors (Lipinski definition) is 1. The summed E-state index contributed by atoms with van der Waals surface area (Å²) in [6, 6.07) is 13.5. The van der Waals surface area contributed by atoms with E-state index in [1.165, 1.54) is 0 Å². The highest BCUT2D eigenvalue weighted by Gasteiger charge is 2.41. The van der Waals surface area contributed by atoms with Gasteiger partial charge in [-0.1, -0.05) is 58.0 Å². The SMILES string of the molecule is CC[Si](CC)(CC)O[C@H]1CC(O)O[C@@H](COCc2ccccc2)[C@@H]1C. The minimum atomic E-state index is -1.70. The first-order valence-corrected chi connectivity index (χ1v) is 12.2. The van der Waals surface area contributed by atoms with Crippen molar-refractivity contribution in [2.75, 3.05) is 6.61 Å². The van der Waals surface area contributed by atoms with Crippen molar-refractivity contribution in [1.82, 2.24) is 0 Å². The summed E-state index contributed by atoms with van der Waals surface area (Å²) < 4.78 is 18.3. The third-order valence-corrected chi connectivity index (χ3v) is 10.3. The van der Waals surface area contributed by atoms with E-state index in [0.29, 0.717) is 19.6 Å². The van der Waals surface area contributed by atoms with Crippen molar-refractivity contribution >= 4 is 8.32 Å². The summed E-state index contributed by atoms with van der Waals surface area (Å²) in [6.07, 6.45) is -0.274. The normalized spacial score (nSPS) is 27.4. The van der Waals surface area contributed by atoms with E-state index in [1.807, 2.05) is 18.2 Å². The average molecular weight is 367 g/mol. The summed E-state index contributed by atoms with van der Waals surface area (Å²) in [5.74, 6) is 0.218. The predicted molar refractivity (Wildman–Crippen MR) is 103 cm³/mol. The van der Waals surface area contributed by atoms with Crippen LogP contribution in [-0.4, -0.2) is 38.5 Å². The highest BCUT2D eigenvalue weighted by Crippen LogP contribution is 2.33. The fourth-order valence-electron chi connectivity index (χ4n) is 3.57. The van der Waals surface area contributed by atoms with E-state index in [-0.39, 0.29) is 18.1 Å². The Hall–Kier alpha value is -0.723. The van der Waals surface area contributed by atoms with Gasteiger partial charge in [0.1, 0.15) is 0 Å². The smallest absolute Gasteiger partial charge is 0.192 e. The Balaban J connectivity index is 1.93. The Labute approximate surface area is 153 Å². The summed E-state index contributed by atoms with van der Waals surface area (Å²) in [4.78, 5) is 0. The average Bonchev–Trinajstić information content (AvgIpc) is 2.64. The number of aliphatic hydroxyl groups is 1. The van der Waals surface area contributed by atoms with Crippen molar-refractivity contribution < 1.29 is 19.0 Å². The van der Waals surface area contributed by atoms with Gasteiger partial charge in [-0.05, 0) is 23.7 Å². The summed E-state index contributed by atoms with van der Waals surface area (Å²) in [5, 5.41) is 10.2. The molecule has 1 aliphatic heterocycles. The van der Waals surface area contributed by atoms with E-state index in [1.54, 1.807) is 0 Å². The van der Waals surface area contributed by atoms with Gasteiger partial charge in [-0.3, -0.25) is 0 Å². The fraction of sp³-hybridized carbons (Fsp3) is 0.700. The van der Waals surface area contributed by atoms with Crippen LogP contribution in [0.25, 0.3) is 0 Å². The van der Waals surface area contributed by atoms with Crippen LogP contribution in [0.1, 0.15) is 39.7 Å². The Morgan fingerprint density at radius 2 is 1.76 bits per heavy atom. The van der Waals surface area contributed by atoms with Crippen molar-refractivity contribution in [2.24, 2.45) is 5.92 Å². The van der Waals surface area contributed by atoms with E-state index < -0.39 is 14.6 Å². The molecule has 1 aliphatic rings. The molecule has 0 aromatic heterocycles. The van der Waals surface area contributed by atoms with Crippen LogP contribution in [0.4, 0.5) is 0 Å². The van der Waals surface area contributed by atoms with E-state index in [2.05, 4.69) is 39.8 Å². The molecule has 0 spiro atoms. The quantitative estimate of drug-likeness (QED) is 0.661. The lowest BCUT2D eigenvalue weighted by atomic mass is 9.93. The van der Waals surface area contributed by atoms with Crippen LogP contribution in [0.3, 0.4) is 0 Å². The highest BCUT2D eigenvalue weighted by molar-refractivity contribution is 6.73. The van der Waals surface area contributed by atoms with Gasteiger partial charge in [0.05, 0.1) is 25.4 Å². The first-order valence-electron chi connectivity index (χ1n) is 9.66. The van der Waals surface area contributed by atoms with Crippen molar-refractivity contribution in [1.29, 1.82) is 0 Å². The maximum atomic E-state index is 10.2. The summed E-state index contributed by atoms with van der Waals surface area (Å²) >= 11 is 0. The van der Waals surface area contributed by atoms with Gasteiger partial charge in [0.2, 0.25) is 0 Å². The molecule has 0 radical (unpaired) electrons. The van der Waals surface area contributed by atoms with Crippen LogP contribution in [0.5, 0.6) is 0 Å². The minimum Gasteiger partial charge on any atom is -0.413 e. The highest BCUT2D eigenvalue weighted by atomic mass is 28.4. The Bertz CT molecular complexity index is 483. The van der Waals surface area contributed by atoms with Gasteiger partial charge in [-0.15, -0.1) is 0 Å². The van der Waals surface area contributed by atoms with E-state index in [4.69, 9.17) is 13.9 Å². The second-order valence-electron chi connectivity index (χ2n) is 7.12. The van der Waals surface area contributed by atoms with Crippen molar-refractivity contribution in [3.8, 4) is 0 Å². The zero-order valence-electron chi connectivity index (χ0n) is 16.1. The molecule has 25 heavy (non-hydrogen) atoms. The van der Waals surface area contributed by atoms with Crippen LogP contribution in [0.15, 0.2) is 30.3 Å². The van der Waals surface area contributed by atoms with Crippen LogP contribution < -0.4 is 0 Å². The second-order valence-corrected chi connectivity index (χ2v) is 11.8. The van der Waals surface area contributed by atoms with Gasteiger partial charge in [-0.25, -0.2) is 0 Å². The molecule has 1 heterocycles. The number of benzene rings is 1. The van der Waals surface area contributed by atoms with Crippen LogP contribution in [0.2, 0.25) is 18.1 Å². The van der Waals surface area contributed by atoms with Crippen molar-refractivity contribution in [2.45, 2.75) is 77.4 Å². The Kier molecular flexibility index (Phi) is 8.10. The molecule has 2 rings (SSSR count). The molecule has 142 valence electrons. The zero-order valence-corrected chi connectivity index (χ0v) is 17.1. The third-order valence-electron chi connectivity index (χ3n) is 5.67. The third kappa shape index (κ3) is 5.63. The van der Waals surface area contributed by atoms with Gasteiger partial charge in [-0.2, -0.15) is 0 Å². The molecule has 0 amide bonds. The Morgan fingerprint density at radius 3 is 2.36 bits per heavy atom. The van der Waals surface area contributed by atoms with Gasteiger partial charge in [0.25, 0.3) is 0 Å². The van der Waals surface area contributed by atoms with Crippen LogP contribution in [-0.2, 0) is 20.5 Å². The Morgan fingerprint density at radius 1 is 1.12 bits per heavy atom. The molecule has 1 aromatic rings. The number of aliphatic hydroxyl groups excluding tert-OH is 1. The van der Waals surface area contributed by atoms with Gasteiger partial charge < -0.3 is 19.0 Å². The summed E-state index contributed by atoms with van der Waals surface area (Å²) in [5.41, 5.74) is 1.15. The van der Waals surface area contributed by atoms with Crippen LogP contribution in [0, 0.1) is 5.92 Å². The summed E-state index contributed by atoms with van der Waals surface area (Å²) in [7, 11) is -1.70. The monoisotopic (exact) mass is 366 g/mol. The lowest BCUT2D eigenvalue weighted by Crippen LogP contribution is -2.51. The largest absolute Gasteiger partial charge is 0.413 e. The number of ether oxygens (including phenoxy) is 2. The molecule has 0 bridgehead atoms.